The average molecular weight is 150 g/mol. The van der Waals surface area contributed by atoms with Gasteiger partial charge in [0.15, 0.2) is 0 Å². The van der Waals surface area contributed by atoms with E-state index in [1.54, 1.807) is 6.21 Å². The molecule has 2 N–H and O–H groups in total. The van der Waals surface area contributed by atoms with Gasteiger partial charge in [0.25, 0.3) is 0 Å². The van der Waals surface area contributed by atoms with Gasteiger partial charge >= 0.3 is 5.95 Å². The van der Waals surface area contributed by atoms with E-state index in [0.29, 0.717) is 5.95 Å². The number of hydrogen-bond donors (Lipinski definition) is 2. The summed E-state index contributed by atoms with van der Waals surface area (Å²) in [6.45, 7) is 1.86. The summed E-state index contributed by atoms with van der Waals surface area (Å²) in [6, 6.07) is 0. The molecule has 56 valence electrons. The molecule has 5 nitrogen and oxygen atoms in total. The molecule has 0 amide bonds. The molecule has 1 aliphatic rings. The van der Waals surface area contributed by atoms with Gasteiger partial charge in [0.05, 0.1) is 6.21 Å². The van der Waals surface area contributed by atoms with Gasteiger partial charge in [0.2, 0.25) is 0 Å². The maximum atomic E-state index is 4.12. The molecule has 0 bridgehead atoms. The molecule has 1 atom stereocenters. The molecule has 0 spiro atoms. The lowest BCUT2D eigenvalue weighted by Gasteiger charge is -1.93. The van der Waals surface area contributed by atoms with Gasteiger partial charge in [-0.15, -0.1) is 5.01 Å². The van der Waals surface area contributed by atoms with E-state index in [2.05, 4.69) is 20.3 Å². The smallest absolute Gasteiger partial charge is 0.258 e. The summed E-state index contributed by atoms with van der Waals surface area (Å²) in [4.78, 5) is 4.12. The van der Waals surface area contributed by atoms with Gasteiger partial charge in [-0.2, -0.15) is 4.98 Å². The van der Waals surface area contributed by atoms with E-state index >= 15 is 0 Å². The summed E-state index contributed by atoms with van der Waals surface area (Å²) < 4.78 is 0. The minimum absolute atomic E-state index is 0.660. The van der Waals surface area contributed by atoms with E-state index in [1.807, 2.05) is 19.2 Å². The Morgan fingerprint density at radius 2 is 2.45 bits per heavy atom. The third-order valence-electron chi connectivity index (χ3n) is 1.38. The van der Waals surface area contributed by atoms with E-state index in [-0.39, 0.29) is 0 Å². The number of allylic oxidation sites excluding steroid dienone is 1. The Labute approximate surface area is 63.4 Å². The molecule has 1 aromatic rings. The molecule has 0 fully saturated rings. The Balaban J connectivity index is 2.29. The summed E-state index contributed by atoms with van der Waals surface area (Å²) in [5.74, 6) is 1.47. The zero-order valence-electron chi connectivity index (χ0n) is 6.07. The summed E-state index contributed by atoms with van der Waals surface area (Å²) in [7, 11) is 0. The molecule has 2 rings (SSSR count). The van der Waals surface area contributed by atoms with E-state index in [4.69, 9.17) is 0 Å². The van der Waals surface area contributed by atoms with Crippen molar-refractivity contribution >= 4 is 12.2 Å². The number of aromatic nitrogens is 3. The van der Waals surface area contributed by atoms with E-state index in [0.717, 1.165) is 10.8 Å². The number of quaternary nitrogens is 1. The first-order chi connectivity index (χ1) is 5.36. The first kappa shape index (κ1) is 6.23. The predicted octanol–water partition coefficient (Wildman–Crippen LogP) is -0.857. The Bertz CT molecular complexity index is 299. The van der Waals surface area contributed by atoms with Gasteiger partial charge < -0.3 is 0 Å². The van der Waals surface area contributed by atoms with Crippen LogP contribution >= 0.6 is 0 Å². The number of aromatic amines is 1. The lowest BCUT2D eigenvalue weighted by atomic mass is 10.7. The molecule has 2 heterocycles. The first-order valence-electron chi connectivity index (χ1n) is 3.33. The third-order valence-corrected chi connectivity index (χ3v) is 1.38. The van der Waals surface area contributed by atoms with Gasteiger partial charge in [-0.3, -0.25) is 5.10 Å². The van der Waals surface area contributed by atoms with Crippen LogP contribution in [0.15, 0.2) is 17.4 Å². The van der Waals surface area contributed by atoms with Gasteiger partial charge in [-0.25, -0.2) is 0 Å². The maximum Gasteiger partial charge on any atom is 0.377 e. The normalized spacial score (nSPS) is 21.4. The van der Waals surface area contributed by atoms with Crippen molar-refractivity contribution in [2.24, 2.45) is 5.10 Å². The third kappa shape index (κ3) is 1.05. The predicted molar refractivity (Wildman–Crippen MR) is 39.4 cm³/mol. The number of hydrogen-bond acceptors (Lipinski definition) is 3. The maximum absolute atomic E-state index is 4.12. The summed E-state index contributed by atoms with van der Waals surface area (Å²) >= 11 is 0. The monoisotopic (exact) mass is 150 g/mol. The minimum atomic E-state index is 0.660. The highest BCUT2D eigenvalue weighted by Gasteiger charge is 2.15. The molecule has 11 heavy (non-hydrogen) atoms. The summed E-state index contributed by atoms with van der Waals surface area (Å²) in [5.41, 5.74) is 0. The van der Waals surface area contributed by atoms with Crippen LogP contribution in [0.2, 0.25) is 0 Å². The van der Waals surface area contributed by atoms with E-state index < -0.39 is 0 Å². The molecule has 1 aliphatic heterocycles. The van der Waals surface area contributed by atoms with E-state index in [1.165, 1.54) is 0 Å². The molecule has 0 radical (unpaired) electrons. The van der Waals surface area contributed by atoms with Crippen LogP contribution < -0.4 is 5.01 Å². The van der Waals surface area contributed by atoms with Gasteiger partial charge in [0, 0.05) is 6.08 Å². The Hall–Kier alpha value is -1.49. The van der Waals surface area contributed by atoms with Crippen molar-refractivity contribution < 1.29 is 5.01 Å². The highest BCUT2D eigenvalue weighted by molar-refractivity contribution is 5.71. The second-order valence-corrected chi connectivity index (χ2v) is 2.27. The second-order valence-electron chi connectivity index (χ2n) is 2.27. The van der Waals surface area contributed by atoms with Gasteiger partial charge in [-0.05, 0) is 6.92 Å². The van der Waals surface area contributed by atoms with Crippen LogP contribution in [0.3, 0.4) is 0 Å². The van der Waals surface area contributed by atoms with Crippen molar-refractivity contribution in [3.8, 4) is 0 Å². The largest absolute Gasteiger partial charge is 0.377 e. The quantitative estimate of drug-likeness (QED) is 0.547. The second kappa shape index (κ2) is 2.28. The highest BCUT2D eigenvalue weighted by atomic mass is 15.5. The minimum Gasteiger partial charge on any atom is -0.258 e. The van der Waals surface area contributed by atoms with Crippen LogP contribution in [0.25, 0.3) is 0 Å². The molecule has 0 aromatic carbocycles. The number of rotatable bonds is 1. The fourth-order valence-corrected chi connectivity index (χ4v) is 0.890. The van der Waals surface area contributed by atoms with Crippen LogP contribution in [-0.2, 0) is 0 Å². The molecule has 0 saturated carbocycles. The van der Waals surface area contributed by atoms with Crippen molar-refractivity contribution in [1.29, 1.82) is 0 Å². The Kier molecular flexibility index (Phi) is 1.29. The number of nitrogens with one attached hydrogen (secondary N) is 2. The Morgan fingerprint density at radius 1 is 1.55 bits per heavy atom. The van der Waals surface area contributed by atoms with Gasteiger partial charge in [0.1, 0.15) is 12.0 Å². The lowest BCUT2D eigenvalue weighted by molar-refractivity contribution is -0.784. The van der Waals surface area contributed by atoms with Crippen molar-refractivity contribution in [1.82, 2.24) is 15.2 Å². The number of H-pyrrole nitrogens is 1. The van der Waals surface area contributed by atoms with Crippen LogP contribution in [0, 0.1) is 6.92 Å². The fraction of sp³-hybridized carbons (Fsp3) is 0.167. The van der Waals surface area contributed by atoms with Crippen LogP contribution in [-0.4, -0.2) is 21.4 Å². The molecular weight excluding hydrogens is 142 g/mol. The fourth-order valence-electron chi connectivity index (χ4n) is 0.890. The number of nitrogens with zero attached hydrogens (tertiary/aromatic N) is 3. The average Bonchev–Trinajstić information content (AvgIpc) is 2.55. The zero-order valence-corrected chi connectivity index (χ0v) is 6.07. The molecule has 1 aromatic heterocycles. The van der Waals surface area contributed by atoms with Crippen molar-refractivity contribution in [3.05, 3.63) is 18.1 Å². The van der Waals surface area contributed by atoms with Crippen LogP contribution in [0.5, 0.6) is 0 Å². The SMILES string of the molecule is Cc1nc([NH+]2C=CC=N2)n[nH]1. The van der Waals surface area contributed by atoms with Crippen molar-refractivity contribution in [2.75, 3.05) is 0 Å². The first-order valence-corrected chi connectivity index (χ1v) is 3.33. The van der Waals surface area contributed by atoms with Crippen LogP contribution in [0.1, 0.15) is 5.82 Å². The topological polar surface area (TPSA) is 58.4 Å². The summed E-state index contributed by atoms with van der Waals surface area (Å²) in [5, 5.41) is 11.6. The van der Waals surface area contributed by atoms with Gasteiger partial charge in [-0.1, -0.05) is 10.2 Å². The van der Waals surface area contributed by atoms with Crippen molar-refractivity contribution in [3.63, 3.8) is 0 Å². The molecular formula is C6H8N5+. The van der Waals surface area contributed by atoms with Crippen molar-refractivity contribution in [2.45, 2.75) is 6.92 Å². The zero-order chi connectivity index (χ0) is 7.68. The van der Waals surface area contributed by atoms with E-state index in [9.17, 15) is 0 Å². The molecule has 0 aliphatic carbocycles. The van der Waals surface area contributed by atoms with Crippen LogP contribution in [0.4, 0.5) is 5.95 Å². The molecule has 1 unspecified atom stereocenters. The summed E-state index contributed by atoms with van der Waals surface area (Å²) in [6.07, 6.45) is 5.46. The lowest BCUT2D eigenvalue weighted by Crippen LogP contribution is -2.96. The standard InChI is InChI=1S/C6H7N5/c1-5-8-6(10-9-5)11-4-2-3-7-11/h2-4H,1H3,(H,8,9,10)/p+1. The number of aryl methyl sites for hydroxylation is 1. The Morgan fingerprint density at radius 3 is 3.00 bits per heavy atom. The molecule has 0 saturated heterocycles. The highest BCUT2D eigenvalue weighted by Crippen LogP contribution is 1.90. The molecule has 5 heteroatoms.